The van der Waals surface area contributed by atoms with Crippen molar-refractivity contribution < 1.29 is 0 Å². The van der Waals surface area contributed by atoms with Crippen LogP contribution in [-0.4, -0.2) is 19.9 Å². The van der Waals surface area contributed by atoms with Gasteiger partial charge >= 0.3 is 5.69 Å². The van der Waals surface area contributed by atoms with Crippen molar-refractivity contribution in [3.63, 3.8) is 0 Å². The minimum atomic E-state index is -0.238. The summed E-state index contributed by atoms with van der Waals surface area (Å²) < 4.78 is 0. The molecule has 0 aliphatic rings. The van der Waals surface area contributed by atoms with Gasteiger partial charge in [0.25, 0.3) is 0 Å². The molecule has 0 aliphatic heterocycles. The van der Waals surface area contributed by atoms with Crippen molar-refractivity contribution in [2.75, 3.05) is 0 Å². The Balaban J connectivity index is 2.18. The zero-order valence-corrected chi connectivity index (χ0v) is 10.0. The Labute approximate surface area is 106 Å². The molecule has 0 fully saturated rings. The van der Waals surface area contributed by atoms with Crippen LogP contribution >= 0.6 is 11.6 Å². The number of nitrogens with zero attached hydrogens (tertiary/aromatic N) is 1. The van der Waals surface area contributed by atoms with E-state index in [1.54, 1.807) is 6.07 Å². The zero-order valence-electron chi connectivity index (χ0n) is 9.25. The van der Waals surface area contributed by atoms with E-state index in [1.807, 2.05) is 12.1 Å². The number of halogens is 1. The van der Waals surface area contributed by atoms with E-state index in [1.165, 1.54) is 0 Å². The normalized spacial score (nSPS) is 11.2. The highest BCUT2D eigenvalue weighted by molar-refractivity contribution is 6.32. The van der Waals surface area contributed by atoms with Crippen molar-refractivity contribution in [2.24, 2.45) is 5.73 Å². The fourth-order valence-electron chi connectivity index (χ4n) is 1.87. The second-order valence-corrected chi connectivity index (χ2v) is 4.27. The highest BCUT2D eigenvalue weighted by Gasteiger charge is 2.11. The molecule has 7 heteroatoms. The Morgan fingerprint density at radius 2 is 2.00 bits per heavy atom. The van der Waals surface area contributed by atoms with Gasteiger partial charge in [-0.25, -0.2) is 9.78 Å². The summed E-state index contributed by atoms with van der Waals surface area (Å²) in [6, 6.07) is 5.46. The van der Waals surface area contributed by atoms with Gasteiger partial charge in [-0.2, -0.15) is 0 Å². The Kier molecular flexibility index (Phi) is 2.46. The van der Waals surface area contributed by atoms with Crippen molar-refractivity contribution in [2.45, 2.75) is 6.54 Å². The van der Waals surface area contributed by atoms with Crippen LogP contribution in [0, 0.1) is 0 Å². The summed E-state index contributed by atoms with van der Waals surface area (Å²) in [6.45, 7) is 0.295. The van der Waals surface area contributed by atoms with Crippen LogP contribution in [0.1, 0.15) is 5.82 Å². The smallest absolute Gasteiger partial charge is 0.323 e. The van der Waals surface area contributed by atoms with Gasteiger partial charge in [0.15, 0.2) is 0 Å². The predicted octanol–water partition coefficient (Wildman–Crippen LogP) is 1.36. The number of nitrogens with two attached hydrogens (primary N) is 1. The summed E-state index contributed by atoms with van der Waals surface area (Å²) in [4.78, 5) is 23.7. The fraction of sp³-hybridized carbons (Fsp3) is 0.0909. The number of aromatic amines is 3. The minimum Gasteiger partial charge on any atom is -0.331 e. The molecule has 0 amide bonds. The maximum Gasteiger partial charge on any atom is 0.323 e. The van der Waals surface area contributed by atoms with Crippen LogP contribution in [0.3, 0.4) is 0 Å². The van der Waals surface area contributed by atoms with Crippen LogP contribution in [0.5, 0.6) is 0 Å². The molecule has 0 radical (unpaired) electrons. The van der Waals surface area contributed by atoms with Crippen LogP contribution in [0.2, 0.25) is 5.15 Å². The van der Waals surface area contributed by atoms with Gasteiger partial charge in [0.2, 0.25) is 0 Å². The van der Waals surface area contributed by atoms with Crippen LogP contribution in [0.15, 0.2) is 23.0 Å². The topological polar surface area (TPSA) is 103 Å². The van der Waals surface area contributed by atoms with Gasteiger partial charge < -0.3 is 20.7 Å². The summed E-state index contributed by atoms with van der Waals surface area (Å²) in [5.41, 5.74) is 8.16. The fourth-order valence-corrected chi connectivity index (χ4v) is 2.13. The number of aromatic nitrogens is 4. The summed E-state index contributed by atoms with van der Waals surface area (Å²) in [7, 11) is 0. The molecule has 5 N–H and O–H groups in total. The average Bonchev–Trinajstić information content (AvgIpc) is 2.89. The van der Waals surface area contributed by atoms with E-state index >= 15 is 0 Å². The van der Waals surface area contributed by atoms with Crippen LogP contribution < -0.4 is 11.4 Å². The molecule has 92 valence electrons. The molecule has 2 aromatic heterocycles. The molecule has 3 aromatic rings. The highest BCUT2D eigenvalue weighted by atomic mass is 35.5. The minimum absolute atomic E-state index is 0.238. The number of hydrogen-bond acceptors (Lipinski definition) is 3. The maximum atomic E-state index is 11.2. The van der Waals surface area contributed by atoms with E-state index in [0.29, 0.717) is 28.7 Å². The van der Waals surface area contributed by atoms with Crippen molar-refractivity contribution >= 4 is 22.6 Å². The molecule has 0 spiro atoms. The quantitative estimate of drug-likeness (QED) is 0.561. The molecule has 0 atom stereocenters. The number of nitrogens with one attached hydrogen (secondary N) is 3. The van der Waals surface area contributed by atoms with Crippen LogP contribution in [0.25, 0.3) is 22.3 Å². The van der Waals surface area contributed by atoms with Gasteiger partial charge in [0.1, 0.15) is 16.7 Å². The first kappa shape index (κ1) is 11.1. The lowest BCUT2D eigenvalue weighted by atomic mass is 10.1. The zero-order chi connectivity index (χ0) is 12.7. The highest BCUT2D eigenvalue weighted by Crippen LogP contribution is 2.27. The SMILES string of the molecule is NCc1nc(-c2ccc3[nH]c(=O)[nH]c3c2)c(Cl)[nH]1. The first-order valence-corrected chi connectivity index (χ1v) is 5.72. The lowest BCUT2D eigenvalue weighted by Gasteiger charge is -1.97. The number of imidazole rings is 2. The third-order valence-electron chi connectivity index (χ3n) is 2.69. The molecule has 0 bridgehead atoms. The Bertz CT molecular complexity index is 769. The third-order valence-corrected chi connectivity index (χ3v) is 2.96. The van der Waals surface area contributed by atoms with Gasteiger partial charge in [0.05, 0.1) is 17.6 Å². The summed E-state index contributed by atoms with van der Waals surface area (Å²) in [5.74, 6) is 0.623. The molecule has 0 saturated carbocycles. The standard InChI is InChI=1S/C11H10ClN5O/c12-10-9(16-8(4-13)17-10)5-1-2-6-7(3-5)15-11(18)14-6/h1-3H,4,13H2,(H,16,17)(H2,14,15,18). The number of H-pyrrole nitrogens is 3. The molecular weight excluding hydrogens is 254 g/mol. The predicted molar refractivity (Wildman–Crippen MR) is 69.4 cm³/mol. The lowest BCUT2D eigenvalue weighted by molar-refractivity contribution is 0.951. The number of fused-ring (bicyclic) bond motifs is 1. The molecular formula is C11H10ClN5O. The Morgan fingerprint density at radius 1 is 1.22 bits per heavy atom. The van der Waals surface area contributed by atoms with E-state index in [4.69, 9.17) is 17.3 Å². The monoisotopic (exact) mass is 263 g/mol. The first-order chi connectivity index (χ1) is 8.67. The van der Waals surface area contributed by atoms with E-state index in [-0.39, 0.29) is 5.69 Å². The number of rotatable bonds is 2. The Hall–Kier alpha value is -2.05. The second-order valence-electron chi connectivity index (χ2n) is 3.89. The molecule has 0 saturated heterocycles. The molecule has 0 aliphatic carbocycles. The largest absolute Gasteiger partial charge is 0.331 e. The van der Waals surface area contributed by atoms with Crippen molar-refractivity contribution in [1.82, 2.24) is 19.9 Å². The second kappa shape index (κ2) is 4.01. The molecule has 2 heterocycles. The van der Waals surface area contributed by atoms with E-state index in [0.717, 1.165) is 11.1 Å². The van der Waals surface area contributed by atoms with Gasteiger partial charge in [-0.05, 0) is 12.1 Å². The van der Waals surface area contributed by atoms with Crippen molar-refractivity contribution in [3.8, 4) is 11.3 Å². The number of hydrogen-bond donors (Lipinski definition) is 4. The van der Waals surface area contributed by atoms with Crippen molar-refractivity contribution in [1.29, 1.82) is 0 Å². The average molecular weight is 264 g/mol. The first-order valence-electron chi connectivity index (χ1n) is 5.34. The summed E-state index contributed by atoms with van der Waals surface area (Å²) in [5, 5.41) is 0.438. The van der Waals surface area contributed by atoms with Crippen LogP contribution in [-0.2, 0) is 6.54 Å². The van der Waals surface area contributed by atoms with E-state index < -0.39 is 0 Å². The van der Waals surface area contributed by atoms with Gasteiger partial charge in [-0.3, -0.25) is 0 Å². The summed E-state index contributed by atoms with van der Waals surface area (Å²) >= 11 is 6.06. The molecule has 6 nitrogen and oxygen atoms in total. The van der Waals surface area contributed by atoms with Gasteiger partial charge in [0, 0.05) is 5.56 Å². The Morgan fingerprint density at radius 3 is 2.72 bits per heavy atom. The molecule has 3 rings (SSSR count). The van der Waals surface area contributed by atoms with Crippen molar-refractivity contribution in [3.05, 3.63) is 39.7 Å². The van der Waals surface area contributed by atoms with Gasteiger partial charge in [-0.15, -0.1) is 0 Å². The molecule has 1 aromatic carbocycles. The molecule has 0 unspecified atom stereocenters. The third kappa shape index (κ3) is 1.71. The summed E-state index contributed by atoms with van der Waals surface area (Å²) in [6.07, 6.45) is 0. The number of benzene rings is 1. The van der Waals surface area contributed by atoms with Crippen LogP contribution in [0.4, 0.5) is 0 Å². The maximum absolute atomic E-state index is 11.2. The lowest BCUT2D eigenvalue weighted by Crippen LogP contribution is -1.99. The van der Waals surface area contributed by atoms with Gasteiger partial charge in [-0.1, -0.05) is 17.7 Å². The van der Waals surface area contributed by atoms with E-state index in [2.05, 4.69) is 19.9 Å². The van der Waals surface area contributed by atoms with E-state index in [9.17, 15) is 4.79 Å². The molecule has 18 heavy (non-hydrogen) atoms.